The molecular weight excluding hydrogens is 200 g/mol. The minimum absolute atomic E-state index is 0.0748. The Hall–Kier alpha value is -1.10. The Balaban J connectivity index is 2.96. The van der Waals surface area contributed by atoms with Crippen LogP contribution in [0, 0.1) is 6.92 Å². The van der Waals surface area contributed by atoms with Gasteiger partial charge < -0.3 is 0 Å². The number of ketones is 1. The fourth-order valence-corrected chi connectivity index (χ4v) is 1.75. The van der Waals surface area contributed by atoms with Crippen molar-refractivity contribution in [2.24, 2.45) is 7.05 Å². The molecule has 1 aromatic rings. The van der Waals surface area contributed by atoms with E-state index in [1.807, 2.05) is 0 Å². The fraction of sp³-hybridized carbons (Fsp3) is 0.444. The number of aryl methyl sites for hydroxylation is 1. The van der Waals surface area contributed by atoms with E-state index in [4.69, 9.17) is 0 Å². The van der Waals surface area contributed by atoms with Crippen LogP contribution in [-0.2, 0) is 11.8 Å². The minimum Gasteiger partial charge on any atom is -0.299 e. The van der Waals surface area contributed by atoms with Gasteiger partial charge in [-0.25, -0.2) is 4.98 Å². The molecule has 76 valence electrons. The summed E-state index contributed by atoms with van der Waals surface area (Å²) in [4.78, 5) is 26.3. The second-order valence-electron chi connectivity index (χ2n) is 3.07. The van der Waals surface area contributed by atoms with Crippen LogP contribution < -0.4 is 5.56 Å². The van der Waals surface area contributed by atoms with Gasteiger partial charge in [0.1, 0.15) is 5.78 Å². The summed E-state index contributed by atoms with van der Waals surface area (Å²) in [6, 6.07) is 1.47. The molecule has 0 bridgehead atoms. The topological polar surface area (TPSA) is 52.0 Å². The number of thioether (sulfide) groups is 1. The Kier molecular flexibility index (Phi) is 3.46. The Morgan fingerprint density at radius 2 is 2.29 bits per heavy atom. The van der Waals surface area contributed by atoms with Gasteiger partial charge in [0.2, 0.25) is 0 Å². The molecule has 0 aliphatic carbocycles. The van der Waals surface area contributed by atoms with Gasteiger partial charge in [0.05, 0.1) is 5.75 Å². The normalized spacial score (nSPS) is 10.2. The molecule has 0 unspecified atom stereocenters. The van der Waals surface area contributed by atoms with E-state index in [0.717, 1.165) is 0 Å². The summed E-state index contributed by atoms with van der Waals surface area (Å²) in [7, 11) is 1.65. The number of carbonyl (C=O) groups is 1. The number of carbonyl (C=O) groups excluding carboxylic acids is 1. The summed E-state index contributed by atoms with van der Waals surface area (Å²) >= 11 is 1.29. The molecule has 1 heterocycles. The smallest absolute Gasteiger partial charge is 0.254 e. The van der Waals surface area contributed by atoms with Crippen LogP contribution >= 0.6 is 11.8 Å². The second kappa shape index (κ2) is 4.41. The third-order valence-corrected chi connectivity index (χ3v) is 2.80. The van der Waals surface area contributed by atoms with Crippen molar-refractivity contribution in [1.82, 2.24) is 9.55 Å². The molecule has 14 heavy (non-hydrogen) atoms. The number of hydrogen-bond donors (Lipinski definition) is 0. The van der Waals surface area contributed by atoms with E-state index in [1.54, 1.807) is 14.0 Å². The minimum atomic E-state index is -0.0939. The van der Waals surface area contributed by atoms with Crippen molar-refractivity contribution in [3.05, 3.63) is 22.1 Å². The quantitative estimate of drug-likeness (QED) is 0.548. The molecule has 0 saturated carbocycles. The van der Waals surface area contributed by atoms with Gasteiger partial charge in [-0.05, 0) is 13.8 Å². The van der Waals surface area contributed by atoms with Crippen molar-refractivity contribution in [2.75, 3.05) is 5.75 Å². The number of aromatic nitrogens is 2. The molecule has 5 heteroatoms. The van der Waals surface area contributed by atoms with E-state index in [2.05, 4.69) is 4.98 Å². The van der Waals surface area contributed by atoms with Crippen molar-refractivity contribution in [3.63, 3.8) is 0 Å². The highest BCUT2D eigenvalue weighted by atomic mass is 32.2. The van der Waals surface area contributed by atoms with Crippen molar-refractivity contribution in [1.29, 1.82) is 0 Å². The average Bonchev–Trinajstić information content (AvgIpc) is 2.08. The molecular formula is C9H12N2O2S. The van der Waals surface area contributed by atoms with Crippen LogP contribution in [-0.4, -0.2) is 21.1 Å². The van der Waals surface area contributed by atoms with Crippen LogP contribution in [0.3, 0.4) is 0 Å². The van der Waals surface area contributed by atoms with Gasteiger partial charge in [-0.2, -0.15) is 0 Å². The van der Waals surface area contributed by atoms with Crippen molar-refractivity contribution < 1.29 is 4.79 Å². The van der Waals surface area contributed by atoms with Gasteiger partial charge in [-0.15, -0.1) is 0 Å². The van der Waals surface area contributed by atoms with Gasteiger partial charge in [0.25, 0.3) is 5.56 Å². The molecule has 0 aliphatic rings. The van der Waals surface area contributed by atoms with Gasteiger partial charge in [-0.1, -0.05) is 11.8 Å². The van der Waals surface area contributed by atoms with Crippen LogP contribution in [0.15, 0.2) is 16.0 Å². The molecule has 0 aliphatic heterocycles. The Bertz CT molecular complexity index is 412. The number of Topliss-reactive ketones (excluding diaryl/α,β-unsaturated/α-hetero) is 1. The largest absolute Gasteiger partial charge is 0.299 e. The lowest BCUT2D eigenvalue weighted by molar-refractivity contribution is -0.114. The highest BCUT2D eigenvalue weighted by molar-refractivity contribution is 7.99. The maximum atomic E-state index is 11.3. The first-order chi connectivity index (χ1) is 6.50. The van der Waals surface area contributed by atoms with E-state index in [-0.39, 0.29) is 11.3 Å². The lowest BCUT2D eigenvalue weighted by atomic mass is 10.4. The Morgan fingerprint density at radius 1 is 1.64 bits per heavy atom. The Morgan fingerprint density at radius 3 is 2.86 bits per heavy atom. The van der Waals surface area contributed by atoms with Crippen molar-refractivity contribution in [2.45, 2.75) is 19.0 Å². The first-order valence-corrected chi connectivity index (χ1v) is 5.16. The number of rotatable bonds is 3. The zero-order chi connectivity index (χ0) is 10.7. The van der Waals surface area contributed by atoms with E-state index in [9.17, 15) is 9.59 Å². The summed E-state index contributed by atoms with van der Waals surface area (Å²) < 4.78 is 1.45. The monoisotopic (exact) mass is 212 g/mol. The van der Waals surface area contributed by atoms with Gasteiger partial charge in [-0.3, -0.25) is 14.2 Å². The van der Waals surface area contributed by atoms with Gasteiger partial charge in [0.15, 0.2) is 5.16 Å². The highest BCUT2D eigenvalue weighted by Gasteiger charge is 2.05. The molecule has 4 nitrogen and oxygen atoms in total. The SMILES string of the molecule is CC(=O)CSc1nc(C)cc(=O)n1C. The molecule has 0 fully saturated rings. The second-order valence-corrected chi connectivity index (χ2v) is 4.01. The third-order valence-electron chi connectivity index (χ3n) is 1.63. The zero-order valence-corrected chi connectivity index (χ0v) is 9.22. The van der Waals surface area contributed by atoms with Crippen molar-refractivity contribution >= 4 is 17.5 Å². The zero-order valence-electron chi connectivity index (χ0n) is 8.40. The van der Waals surface area contributed by atoms with E-state index in [1.165, 1.54) is 29.3 Å². The molecule has 0 spiro atoms. The highest BCUT2D eigenvalue weighted by Crippen LogP contribution is 2.12. The first-order valence-electron chi connectivity index (χ1n) is 4.17. The summed E-state index contributed by atoms with van der Waals surface area (Å²) in [5.74, 6) is 0.426. The summed E-state index contributed by atoms with van der Waals surface area (Å²) in [5.41, 5.74) is 0.586. The van der Waals surface area contributed by atoms with E-state index in [0.29, 0.717) is 16.6 Å². The number of nitrogens with zero attached hydrogens (tertiary/aromatic N) is 2. The molecule has 0 radical (unpaired) electrons. The van der Waals surface area contributed by atoms with Gasteiger partial charge >= 0.3 is 0 Å². The van der Waals surface area contributed by atoms with Crippen LogP contribution in [0.4, 0.5) is 0 Å². The van der Waals surface area contributed by atoms with Crippen molar-refractivity contribution in [3.8, 4) is 0 Å². The van der Waals surface area contributed by atoms with Crippen LogP contribution in [0.5, 0.6) is 0 Å². The van der Waals surface area contributed by atoms with Gasteiger partial charge in [0, 0.05) is 18.8 Å². The van der Waals surface area contributed by atoms with E-state index < -0.39 is 0 Å². The van der Waals surface area contributed by atoms with Crippen LogP contribution in [0.1, 0.15) is 12.6 Å². The molecule has 0 N–H and O–H groups in total. The molecule has 1 aromatic heterocycles. The lowest BCUT2D eigenvalue weighted by Gasteiger charge is -2.05. The molecule has 0 aromatic carbocycles. The summed E-state index contributed by atoms with van der Waals surface area (Å²) in [6.07, 6.45) is 0. The average molecular weight is 212 g/mol. The molecule has 0 amide bonds. The maximum absolute atomic E-state index is 11.3. The summed E-state index contributed by atoms with van der Waals surface area (Å²) in [5, 5.41) is 0.588. The maximum Gasteiger partial charge on any atom is 0.254 e. The first kappa shape index (κ1) is 11.0. The molecule has 0 saturated heterocycles. The number of hydrogen-bond acceptors (Lipinski definition) is 4. The van der Waals surface area contributed by atoms with E-state index >= 15 is 0 Å². The molecule has 0 atom stereocenters. The Labute approximate surface area is 86.4 Å². The standard InChI is InChI=1S/C9H12N2O2S/c1-6-4-8(13)11(3)9(10-6)14-5-7(2)12/h4H,5H2,1-3H3. The lowest BCUT2D eigenvalue weighted by Crippen LogP contribution is -2.19. The third kappa shape index (κ3) is 2.70. The fourth-order valence-electron chi connectivity index (χ4n) is 0.923. The van der Waals surface area contributed by atoms with Crippen LogP contribution in [0.25, 0.3) is 0 Å². The summed E-state index contributed by atoms with van der Waals surface area (Å²) in [6.45, 7) is 3.28. The molecule has 1 rings (SSSR count). The predicted molar refractivity (Wildman–Crippen MR) is 55.6 cm³/mol. The van der Waals surface area contributed by atoms with Crippen LogP contribution in [0.2, 0.25) is 0 Å². The predicted octanol–water partition coefficient (Wildman–Crippen LogP) is 0.770.